The van der Waals surface area contributed by atoms with Crippen LogP contribution in [0, 0.1) is 0 Å². The summed E-state index contributed by atoms with van der Waals surface area (Å²) in [7, 11) is 5.65. The zero-order valence-electron chi connectivity index (χ0n) is 16.2. The van der Waals surface area contributed by atoms with E-state index in [1.54, 1.807) is 36.3 Å². The summed E-state index contributed by atoms with van der Waals surface area (Å²) in [5, 5.41) is 0.481. The molecular formula is C22H23N2O4+. The molecule has 0 saturated carbocycles. The van der Waals surface area contributed by atoms with Crippen molar-refractivity contribution in [2.45, 2.75) is 6.04 Å². The molecule has 1 aromatic heterocycles. The Bertz CT molecular complexity index is 1100. The van der Waals surface area contributed by atoms with Crippen LogP contribution in [0.1, 0.15) is 27.7 Å². The van der Waals surface area contributed by atoms with Crippen molar-refractivity contribution in [2.75, 3.05) is 34.3 Å². The van der Waals surface area contributed by atoms with Crippen molar-refractivity contribution in [3.8, 4) is 5.75 Å². The Hall–Kier alpha value is -3.12. The Kier molecular flexibility index (Phi) is 4.65. The van der Waals surface area contributed by atoms with Crippen LogP contribution in [-0.2, 0) is 0 Å². The summed E-state index contributed by atoms with van der Waals surface area (Å²) in [6, 6.07) is 14.0. The fraction of sp³-hybridized carbons (Fsp3) is 0.273. The van der Waals surface area contributed by atoms with Crippen LogP contribution < -0.4 is 15.1 Å². The maximum atomic E-state index is 13.3. The molecule has 144 valence electrons. The number of amides is 1. The molecule has 0 saturated heterocycles. The van der Waals surface area contributed by atoms with Crippen LogP contribution in [0.5, 0.6) is 5.75 Å². The van der Waals surface area contributed by atoms with Gasteiger partial charge in [-0.15, -0.1) is 0 Å². The van der Waals surface area contributed by atoms with Crippen LogP contribution in [0.4, 0.5) is 0 Å². The summed E-state index contributed by atoms with van der Waals surface area (Å²) >= 11 is 0. The highest BCUT2D eigenvalue weighted by Gasteiger charge is 2.43. The minimum absolute atomic E-state index is 0.133. The normalized spacial score (nSPS) is 16.1. The number of nitrogens with one attached hydrogen (secondary N) is 1. The summed E-state index contributed by atoms with van der Waals surface area (Å²) in [4.78, 5) is 29.5. The first-order chi connectivity index (χ1) is 13.5. The van der Waals surface area contributed by atoms with E-state index in [1.807, 2.05) is 38.4 Å². The van der Waals surface area contributed by atoms with E-state index in [1.165, 1.54) is 4.90 Å². The Morgan fingerprint density at radius 2 is 1.79 bits per heavy atom. The van der Waals surface area contributed by atoms with Gasteiger partial charge >= 0.3 is 0 Å². The van der Waals surface area contributed by atoms with Crippen LogP contribution in [0.25, 0.3) is 11.0 Å². The van der Waals surface area contributed by atoms with E-state index in [0.717, 1.165) is 12.1 Å². The van der Waals surface area contributed by atoms with Gasteiger partial charge in [-0.25, -0.2) is 0 Å². The van der Waals surface area contributed by atoms with Crippen molar-refractivity contribution < 1.29 is 18.8 Å². The topological polar surface area (TPSA) is 64.2 Å². The van der Waals surface area contributed by atoms with E-state index in [-0.39, 0.29) is 17.1 Å². The molecule has 0 spiro atoms. The zero-order chi connectivity index (χ0) is 19.8. The summed E-state index contributed by atoms with van der Waals surface area (Å²) in [6.07, 6.45) is 0. The predicted octanol–water partition coefficient (Wildman–Crippen LogP) is 1.49. The molecule has 1 amide bonds. The summed E-state index contributed by atoms with van der Waals surface area (Å²) in [5.74, 6) is 0.520. The Labute approximate surface area is 162 Å². The average Bonchev–Trinajstić information content (AvgIpc) is 2.98. The number of carbonyl (C=O) groups excluding carboxylic acids is 1. The standard InChI is InChI=1S/C22H22N2O4/c1-23(2)12-13-24-19(14-8-4-6-10-16(14)27-3)18-20(25)15-9-5-7-11-17(15)28-21(18)22(24)26/h4-11,19H,12-13H2,1-3H3/p+1/t19-/m0/s1. The van der Waals surface area contributed by atoms with Crippen LogP contribution in [0.2, 0.25) is 0 Å². The van der Waals surface area contributed by atoms with Crippen molar-refractivity contribution in [1.29, 1.82) is 0 Å². The molecule has 0 unspecified atom stereocenters. The van der Waals surface area contributed by atoms with Crippen LogP contribution >= 0.6 is 0 Å². The van der Waals surface area contributed by atoms with Gasteiger partial charge in [0.2, 0.25) is 5.76 Å². The molecule has 0 bridgehead atoms. The number of likely N-dealkylation sites (N-methyl/N-ethyl adjacent to an activating group) is 1. The van der Waals surface area contributed by atoms with Crippen molar-refractivity contribution in [2.24, 2.45) is 0 Å². The Morgan fingerprint density at radius 1 is 1.07 bits per heavy atom. The third-order valence-corrected chi connectivity index (χ3v) is 5.16. The van der Waals surface area contributed by atoms with Gasteiger partial charge in [0.1, 0.15) is 11.3 Å². The lowest BCUT2D eigenvalue weighted by atomic mass is 9.97. The lowest BCUT2D eigenvalue weighted by Gasteiger charge is -2.26. The molecule has 1 aliphatic rings. The van der Waals surface area contributed by atoms with Crippen LogP contribution in [0.15, 0.2) is 57.7 Å². The van der Waals surface area contributed by atoms with E-state index in [9.17, 15) is 9.59 Å². The molecule has 1 atom stereocenters. The predicted molar refractivity (Wildman–Crippen MR) is 106 cm³/mol. The first-order valence-electron chi connectivity index (χ1n) is 9.31. The zero-order valence-corrected chi connectivity index (χ0v) is 16.2. The molecular weight excluding hydrogens is 356 g/mol. The van der Waals surface area contributed by atoms with Gasteiger partial charge in [-0.05, 0) is 18.2 Å². The molecule has 1 N–H and O–H groups in total. The fourth-order valence-corrected chi connectivity index (χ4v) is 3.76. The Morgan fingerprint density at radius 3 is 2.54 bits per heavy atom. The number of rotatable bonds is 5. The summed E-state index contributed by atoms with van der Waals surface area (Å²) in [6.45, 7) is 1.25. The van der Waals surface area contributed by atoms with Gasteiger partial charge in [0.05, 0.1) is 51.3 Å². The molecule has 2 heterocycles. The SMILES string of the molecule is COc1ccccc1[C@H]1c2c(oc3ccccc3c2=O)C(=O)N1CC[NH+](C)C. The Balaban J connectivity index is 1.97. The molecule has 2 aromatic carbocycles. The number of hydrogen-bond donors (Lipinski definition) is 1. The number of benzene rings is 2. The number of hydrogen-bond acceptors (Lipinski definition) is 4. The van der Waals surface area contributed by atoms with Crippen LogP contribution in [0.3, 0.4) is 0 Å². The van der Waals surface area contributed by atoms with Gasteiger partial charge in [0.25, 0.3) is 5.91 Å². The van der Waals surface area contributed by atoms with Crippen molar-refractivity contribution in [3.63, 3.8) is 0 Å². The molecule has 4 rings (SSSR count). The number of quaternary nitrogens is 1. The summed E-state index contributed by atoms with van der Waals surface area (Å²) in [5.41, 5.74) is 1.44. The quantitative estimate of drug-likeness (QED) is 0.730. The highest BCUT2D eigenvalue weighted by atomic mass is 16.5. The van der Waals surface area contributed by atoms with Gasteiger partial charge < -0.3 is 19.0 Å². The number of para-hydroxylation sites is 2. The van der Waals surface area contributed by atoms with E-state index < -0.39 is 6.04 Å². The fourth-order valence-electron chi connectivity index (χ4n) is 3.76. The second-order valence-corrected chi connectivity index (χ2v) is 7.27. The average molecular weight is 379 g/mol. The second kappa shape index (κ2) is 7.13. The van der Waals surface area contributed by atoms with Gasteiger partial charge in [-0.2, -0.15) is 0 Å². The lowest BCUT2D eigenvalue weighted by Crippen LogP contribution is -3.06. The lowest BCUT2D eigenvalue weighted by molar-refractivity contribution is -0.857. The minimum atomic E-state index is -0.529. The largest absolute Gasteiger partial charge is 0.496 e. The molecule has 0 fully saturated rings. The molecule has 0 radical (unpaired) electrons. The highest BCUT2D eigenvalue weighted by molar-refractivity contribution is 5.99. The van der Waals surface area contributed by atoms with Crippen molar-refractivity contribution >= 4 is 16.9 Å². The third kappa shape index (κ3) is 2.86. The van der Waals surface area contributed by atoms with Gasteiger partial charge in [-0.1, -0.05) is 30.3 Å². The maximum absolute atomic E-state index is 13.3. The van der Waals surface area contributed by atoms with Gasteiger partial charge in [-0.3, -0.25) is 9.59 Å². The minimum Gasteiger partial charge on any atom is -0.496 e. The maximum Gasteiger partial charge on any atom is 0.291 e. The molecule has 1 aliphatic heterocycles. The molecule has 3 aromatic rings. The number of nitrogens with zero attached hydrogens (tertiary/aromatic N) is 1. The van der Waals surface area contributed by atoms with E-state index in [4.69, 9.17) is 9.15 Å². The van der Waals surface area contributed by atoms with E-state index >= 15 is 0 Å². The molecule has 6 nitrogen and oxygen atoms in total. The third-order valence-electron chi connectivity index (χ3n) is 5.16. The number of methoxy groups -OCH3 is 1. The van der Waals surface area contributed by atoms with Crippen molar-refractivity contribution in [1.82, 2.24) is 4.90 Å². The van der Waals surface area contributed by atoms with Gasteiger partial charge in [0.15, 0.2) is 5.43 Å². The van der Waals surface area contributed by atoms with Crippen LogP contribution in [-0.4, -0.2) is 45.1 Å². The summed E-state index contributed by atoms with van der Waals surface area (Å²) < 4.78 is 11.5. The first-order valence-corrected chi connectivity index (χ1v) is 9.31. The molecule has 6 heteroatoms. The van der Waals surface area contributed by atoms with Gasteiger partial charge in [0, 0.05) is 5.56 Å². The first kappa shape index (κ1) is 18.3. The second-order valence-electron chi connectivity index (χ2n) is 7.27. The highest BCUT2D eigenvalue weighted by Crippen LogP contribution is 2.41. The number of fused-ring (bicyclic) bond motifs is 2. The van der Waals surface area contributed by atoms with E-state index in [0.29, 0.717) is 28.8 Å². The van der Waals surface area contributed by atoms with Crippen molar-refractivity contribution in [3.05, 3.63) is 75.6 Å². The van der Waals surface area contributed by atoms with E-state index in [2.05, 4.69) is 0 Å². The molecule has 0 aliphatic carbocycles. The number of carbonyl (C=O) groups is 1. The molecule has 28 heavy (non-hydrogen) atoms. The number of ether oxygens (including phenoxy) is 1. The monoisotopic (exact) mass is 379 g/mol. The smallest absolute Gasteiger partial charge is 0.291 e.